The van der Waals surface area contributed by atoms with E-state index in [1.54, 1.807) is 0 Å². The van der Waals surface area contributed by atoms with E-state index in [1.165, 1.54) is 12.3 Å². The van der Waals surface area contributed by atoms with Gasteiger partial charge in [-0.3, -0.25) is 9.78 Å². The molecule has 3 atom stereocenters. The average molecular weight is 341 g/mol. The molecule has 1 amide bonds. The summed E-state index contributed by atoms with van der Waals surface area (Å²) >= 11 is 0. The summed E-state index contributed by atoms with van der Waals surface area (Å²) in [6, 6.07) is 2.34. The highest BCUT2D eigenvalue weighted by Crippen LogP contribution is 2.48. The molecular weight excluding hydrogens is 319 g/mol. The minimum atomic E-state index is -4.41. The van der Waals surface area contributed by atoms with E-state index >= 15 is 0 Å². The van der Waals surface area contributed by atoms with Gasteiger partial charge in [0.2, 0.25) is 5.91 Å². The number of halogens is 3. The maximum atomic E-state index is 13.0. The average Bonchev–Trinajstić information content (AvgIpc) is 2.98. The first-order valence-electron chi connectivity index (χ1n) is 8.23. The van der Waals surface area contributed by atoms with Crippen LogP contribution in [0.1, 0.15) is 31.5 Å². The predicted octanol–water partition coefficient (Wildman–Crippen LogP) is 2.39. The zero-order chi connectivity index (χ0) is 17.5. The number of carbonyl (C=O) groups is 1. The Morgan fingerprint density at radius 2 is 2.00 bits per heavy atom. The van der Waals surface area contributed by atoms with E-state index in [0.29, 0.717) is 18.3 Å². The molecule has 2 N–H and O–H groups in total. The Morgan fingerprint density at radius 3 is 2.62 bits per heavy atom. The van der Waals surface area contributed by atoms with Crippen molar-refractivity contribution >= 4 is 5.91 Å². The summed E-state index contributed by atoms with van der Waals surface area (Å²) in [6.45, 7) is 5.45. The summed E-state index contributed by atoms with van der Waals surface area (Å²) in [5.74, 6) is 0.932. The second-order valence-corrected chi connectivity index (χ2v) is 7.38. The second-order valence-electron chi connectivity index (χ2n) is 7.38. The number of pyridine rings is 1. The van der Waals surface area contributed by atoms with Gasteiger partial charge in [0.25, 0.3) is 0 Å². The van der Waals surface area contributed by atoms with Gasteiger partial charge in [-0.15, -0.1) is 0 Å². The Morgan fingerprint density at radius 1 is 1.33 bits per heavy atom. The Bertz CT molecular complexity index is 620. The number of rotatable bonds is 5. The highest BCUT2D eigenvalue weighted by atomic mass is 19.4. The molecule has 3 rings (SSSR count). The molecule has 4 nitrogen and oxygen atoms in total. The first-order chi connectivity index (χ1) is 11.2. The molecule has 24 heavy (non-hydrogen) atoms. The van der Waals surface area contributed by atoms with Crippen LogP contribution in [0.2, 0.25) is 0 Å². The van der Waals surface area contributed by atoms with Crippen molar-refractivity contribution in [3.8, 4) is 0 Å². The second kappa shape index (κ2) is 6.02. The third-order valence-electron chi connectivity index (χ3n) is 5.04. The van der Waals surface area contributed by atoms with Gasteiger partial charge in [-0.2, -0.15) is 13.2 Å². The van der Waals surface area contributed by atoms with Gasteiger partial charge in [0.05, 0.1) is 11.3 Å². The summed E-state index contributed by atoms with van der Waals surface area (Å²) in [7, 11) is 0. The Balaban J connectivity index is 1.58. The molecule has 1 saturated carbocycles. The molecule has 1 aliphatic heterocycles. The largest absolute Gasteiger partial charge is 0.418 e. The first kappa shape index (κ1) is 17.2. The number of hydrogen-bond acceptors (Lipinski definition) is 3. The maximum Gasteiger partial charge on any atom is 0.418 e. The lowest BCUT2D eigenvalue weighted by molar-refractivity contribution is -0.138. The molecule has 0 bridgehead atoms. The quantitative estimate of drug-likeness (QED) is 0.865. The molecule has 2 fully saturated rings. The molecule has 7 heteroatoms. The molecule has 2 heterocycles. The van der Waals surface area contributed by atoms with Gasteiger partial charge in [-0.25, -0.2) is 0 Å². The number of aromatic nitrogens is 1. The van der Waals surface area contributed by atoms with E-state index in [0.717, 1.165) is 19.2 Å². The van der Waals surface area contributed by atoms with Crippen LogP contribution in [-0.4, -0.2) is 29.5 Å². The van der Waals surface area contributed by atoms with Crippen molar-refractivity contribution in [2.45, 2.75) is 38.4 Å². The number of amides is 1. The molecule has 0 spiro atoms. The van der Waals surface area contributed by atoms with Crippen LogP contribution in [0, 0.1) is 17.8 Å². The third kappa shape index (κ3) is 3.55. The summed E-state index contributed by atoms with van der Waals surface area (Å²) < 4.78 is 39.0. The predicted molar refractivity (Wildman–Crippen MR) is 83.1 cm³/mol. The molecule has 132 valence electrons. The van der Waals surface area contributed by atoms with E-state index in [4.69, 9.17) is 0 Å². The van der Waals surface area contributed by atoms with Crippen molar-refractivity contribution < 1.29 is 18.0 Å². The fraction of sp³-hybridized carbons (Fsp3) is 0.647. The van der Waals surface area contributed by atoms with Crippen LogP contribution < -0.4 is 10.6 Å². The van der Waals surface area contributed by atoms with E-state index in [1.807, 2.05) is 13.8 Å². The Labute approximate surface area is 139 Å². The van der Waals surface area contributed by atoms with Crippen LogP contribution >= 0.6 is 0 Å². The number of alkyl halides is 3. The zero-order valence-corrected chi connectivity index (χ0v) is 13.8. The molecule has 0 aromatic carbocycles. The van der Waals surface area contributed by atoms with Gasteiger partial charge >= 0.3 is 6.18 Å². The molecule has 1 aromatic heterocycles. The van der Waals surface area contributed by atoms with Crippen LogP contribution in [-0.2, 0) is 17.4 Å². The number of nitrogens with zero attached hydrogens (tertiary/aromatic N) is 1. The lowest BCUT2D eigenvalue weighted by Gasteiger charge is -2.27. The summed E-state index contributed by atoms with van der Waals surface area (Å²) in [5.41, 5.74) is -1.24. The molecule has 1 saturated heterocycles. The van der Waals surface area contributed by atoms with Crippen molar-refractivity contribution in [2.75, 3.05) is 13.1 Å². The lowest BCUT2D eigenvalue weighted by Crippen LogP contribution is -2.45. The summed E-state index contributed by atoms with van der Waals surface area (Å²) in [4.78, 5) is 16.2. The normalized spacial score (nSPS) is 26.1. The number of piperidine rings is 1. The van der Waals surface area contributed by atoms with E-state index in [2.05, 4.69) is 15.6 Å². The van der Waals surface area contributed by atoms with Gasteiger partial charge in [0, 0.05) is 17.7 Å². The molecule has 2 aliphatic rings. The molecule has 1 aliphatic carbocycles. The minimum absolute atomic E-state index is 0.0218. The SMILES string of the molecule is CC(C)(CCc1ncccc1C(F)(F)F)NC(=O)C1C2CNC[C@H]21. The van der Waals surface area contributed by atoms with Gasteiger partial charge in [0.1, 0.15) is 0 Å². The van der Waals surface area contributed by atoms with Crippen LogP contribution in [0.5, 0.6) is 0 Å². The Kier molecular flexibility index (Phi) is 4.32. The van der Waals surface area contributed by atoms with Gasteiger partial charge in [-0.05, 0) is 63.7 Å². The minimum Gasteiger partial charge on any atom is -0.351 e. The number of carbonyl (C=O) groups excluding carboxylic acids is 1. The Hall–Kier alpha value is -1.63. The van der Waals surface area contributed by atoms with E-state index < -0.39 is 17.3 Å². The standard InChI is InChI=1S/C17H22F3N3O/c1-16(2,23-15(24)14-10-8-21-9-11(10)14)6-5-13-12(17(18,19)20)4-3-7-22-13/h3-4,7,10-11,14,21H,5-6,8-9H2,1-2H3,(H,23,24)/t10-,11?,14?/m1/s1. The first-order valence-corrected chi connectivity index (χ1v) is 8.23. The van der Waals surface area contributed by atoms with E-state index in [9.17, 15) is 18.0 Å². The lowest BCUT2D eigenvalue weighted by atomic mass is 9.95. The van der Waals surface area contributed by atoms with Crippen LogP contribution in [0.25, 0.3) is 0 Å². The summed E-state index contributed by atoms with van der Waals surface area (Å²) in [5, 5.41) is 6.24. The van der Waals surface area contributed by atoms with E-state index in [-0.39, 0.29) is 23.9 Å². The number of aryl methyl sites for hydroxylation is 1. The third-order valence-corrected chi connectivity index (χ3v) is 5.04. The van der Waals surface area contributed by atoms with Gasteiger partial charge in [-0.1, -0.05) is 0 Å². The number of fused-ring (bicyclic) bond motifs is 1. The van der Waals surface area contributed by atoms with Crippen molar-refractivity contribution in [3.05, 3.63) is 29.6 Å². The van der Waals surface area contributed by atoms with Crippen LogP contribution in [0.3, 0.4) is 0 Å². The molecular formula is C17H22F3N3O. The molecule has 0 radical (unpaired) electrons. The molecule has 2 unspecified atom stereocenters. The maximum absolute atomic E-state index is 13.0. The van der Waals surface area contributed by atoms with Crippen LogP contribution in [0.15, 0.2) is 18.3 Å². The number of hydrogen-bond donors (Lipinski definition) is 2. The molecule has 1 aromatic rings. The van der Waals surface area contributed by atoms with Crippen molar-refractivity contribution in [3.63, 3.8) is 0 Å². The van der Waals surface area contributed by atoms with Crippen molar-refractivity contribution in [1.29, 1.82) is 0 Å². The smallest absolute Gasteiger partial charge is 0.351 e. The van der Waals surface area contributed by atoms with Crippen molar-refractivity contribution in [1.82, 2.24) is 15.6 Å². The number of nitrogens with one attached hydrogen (secondary N) is 2. The van der Waals surface area contributed by atoms with Crippen molar-refractivity contribution in [2.24, 2.45) is 17.8 Å². The summed E-state index contributed by atoms with van der Waals surface area (Å²) in [6.07, 6.45) is -2.47. The highest BCUT2D eigenvalue weighted by Gasteiger charge is 2.57. The highest BCUT2D eigenvalue weighted by molar-refractivity contribution is 5.83. The zero-order valence-electron chi connectivity index (χ0n) is 13.8. The fourth-order valence-corrected chi connectivity index (χ4v) is 3.61. The fourth-order valence-electron chi connectivity index (χ4n) is 3.61. The monoisotopic (exact) mass is 341 g/mol. The van der Waals surface area contributed by atoms with Crippen LogP contribution in [0.4, 0.5) is 13.2 Å². The topological polar surface area (TPSA) is 54.0 Å². The van der Waals surface area contributed by atoms with Gasteiger partial charge < -0.3 is 10.6 Å². The van der Waals surface area contributed by atoms with Gasteiger partial charge in [0.15, 0.2) is 0 Å².